The number of aryl methyl sites for hydroxylation is 1. The van der Waals surface area contributed by atoms with E-state index in [9.17, 15) is 0 Å². The fourth-order valence-electron chi connectivity index (χ4n) is 16.4. The Kier molecular flexibility index (Phi) is 78.2. The number of unbranched alkanes of at least 4 members (excludes halogenated alkanes) is 31. The van der Waals surface area contributed by atoms with E-state index in [1.807, 2.05) is 0 Å². The van der Waals surface area contributed by atoms with Gasteiger partial charge in [-0.3, -0.25) is 0 Å². The van der Waals surface area contributed by atoms with E-state index < -0.39 is 0 Å². The molecule has 0 radical (unpaired) electrons. The second kappa shape index (κ2) is 83.6. The van der Waals surface area contributed by atoms with E-state index in [2.05, 4.69) is 302 Å². The van der Waals surface area contributed by atoms with Crippen LogP contribution in [0.25, 0.3) is 0 Å². The zero-order chi connectivity index (χ0) is 83.4. The van der Waals surface area contributed by atoms with Crippen LogP contribution in [0.3, 0.4) is 0 Å². The van der Waals surface area contributed by atoms with Crippen molar-refractivity contribution in [3.05, 3.63) is 251 Å². The monoisotopic (exact) mass is 1570 g/mol. The van der Waals surface area contributed by atoms with Crippen molar-refractivity contribution in [1.82, 2.24) is 0 Å². The first-order valence-electron chi connectivity index (χ1n) is 50.0. The van der Waals surface area contributed by atoms with E-state index in [0.29, 0.717) is 0 Å². The summed E-state index contributed by atoms with van der Waals surface area (Å²) >= 11 is 0. The lowest BCUT2D eigenvalue weighted by Crippen LogP contribution is -1.99. The molecule has 0 bridgehead atoms. The van der Waals surface area contributed by atoms with E-state index in [4.69, 9.17) is 0 Å². The molecular weight excluding hydrogens is 1380 g/mol. The minimum atomic E-state index is 0.729. The van der Waals surface area contributed by atoms with Gasteiger partial charge in [0.1, 0.15) is 0 Å². The van der Waals surface area contributed by atoms with Crippen LogP contribution in [-0.4, -0.2) is 0 Å². The lowest BCUT2D eigenvalue weighted by Gasteiger charge is -2.17. The van der Waals surface area contributed by atoms with Crippen LogP contribution in [0.2, 0.25) is 0 Å². The summed E-state index contributed by atoms with van der Waals surface area (Å²) in [6.07, 6.45) is 74.4. The highest BCUT2D eigenvalue weighted by Gasteiger charge is 2.15. The minimum Gasteiger partial charge on any atom is -0.0654 e. The molecule has 115 heavy (non-hydrogen) atoms. The predicted molar refractivity (Wildman–Crippen MR) is 524 cm³/mol. The van der Waals surface area contributed by atoms with Crippen molar-refractivity contribution >= 4 is 0 Å². The maximum absolute atomic E-state index is 2.35. The molecule has 0 N–H and O–H groups in total. The summed E-state index contributed by atoms with van der Waals surface area (Å²) in [7, 11) is 0. The third kappa shape index (κ3) is 62.4. The van der Waals surface area contributed by atoms with Crippen molar-refractivity contribution in [3.8, 4) is 0 Å². The van der Waals surface area contributed by atoms with Gasteiger partial charge in [-0.15, -0.1) is 0 Å². The molecule has 0 fully saturated rings. The van der Waals surface area contributed by atoms with Crippen molar-refractivity contribution in [2.45, 2.75) is 472 Å². The third-order valence-electron chi connectivity index (χ3n) is 24.0. The highest BCUT2D eigenvalue weighted by Crippen LogP contribution is 2.33. The molecule has 648 valence electrons. The molecule has 0 aliphatic carbocycles. The van der Waals surface area contributed by atoms with Crippen molar-refractivity contribution in [3.63, 3.8) is 0 Å². The maximum Gasteiger partial charge on any atom is -0.0162 e. The van der Waals surface area contributed by atoms with E-state index in [1.165, 1.54) is 363 Å². The van der Waals surface area contributed by atoms with Gasteiger partial charge in [0.2, 0.25) is 0 Å². The second-order valence-corrected chi connectivity index (χ2v) is 34.3. The molecule has 0 spiro atoms. The summed E-state index contributed by atoms with van der Waals surface area (Å²) in [5.74, 6) is 4.70. The van der Waals surface area contributed by atoms with E-state index in [0.717, 1.165) is 35.5 Å². The molecule has 7 aromatic carbocycles. The molecule has 0 heterocycles. The van der Waals surface area contributed by atoms with E-state index in [-0.39, 0.29) is 0 Å². The van der Waals surface area contributed by atoms with Gasteiger partial charge in [-0.25, -0.2) is 0 Å². The zero-order valence-electron chi connectivity index (χ0n) is 78.4. The normalized spacial score (nSPS) is 12.1. The smallest absolute Gasteiger partial charge is 0.0162 e. The van der Waals surface area contributed by atoms with Crippen molar-refractivity contribution < 1.29 is 0 Å². The standard InChI is InChI=1S/C19H32.6C16H26/c1-3-5-7-10-14-18(15-11-8-6-4-2)19-16-12-9-13-17-19;1-3-4-5-6-7-9-12-15(2)16-13-10-8-11-14-16;1-3-5-6-8-12-15(11-4-2)16-13-9-7-10-14-16;1-3-5-6-7-9-12-15(4-2)16-13-10-8-11-14-16;2*1-3-5-8-12-15(11-6-4-2)16-13-9-7-10-14-16;1-2-3-4-5-6-7-8-10-13-16-14-11-9-12-15-16/h9,12-13,16-18H,3-8,10-11,14-15H2,1-2H3;8,10-11,13-15H,3-7,9,12H2,1-2H3;7,9-10,13-15H,3-6,8,11-12H2,1-2H3;8,10-11,13-15H,3-7,9,12H2,1-2H3;2*7,9-10,13-15H,3-6,8,11-12H2,1-2H3;9,11-12,14-15H,2-8,10,13H2,1H3. The van der Waals surface area contributed by atoms with Crippen LogP contribution in [0.1, 0.15) is 505 Å². The SMILES string of the molecule is CCCCCC(CCCC)c1ccccc1.CCCCCC(CCCC)c1ccccc1.CCCCCCC(CCC)c1ccccc1.CCCCCCC(CCCCCC)c1ccccc1.CCCCCCCC(CC)c1ccccc1.CCCCCCCCC(C)c1ccccc1.CCCCCCCCCCc1ccccc1. The molecule has 0 heteroatoms. The third-order valence-corrected chi connectivity index (χ3v) is 24.0. The summed E-state index contributed by atoms with van der Waals surface area (Å²) < 4.78 is 0. The lowest BCUT2D eigenvalue weighted by atomic mass is 9.88. The fraction of sp³-hybridized carbons (Fsp3) is 0.635. The number of rotatable bonds is 60. The Morgan fingerprint density at radius 2 is 0.348 bits per heavy atom. The molecule has 5 unspecified atom stereocenters. The van der Waals surface area contributed by atoms with Gasteiger partial charge in [-0.05, 0) is 158 Å². The van der Waals surface area contributed by atoms with Crippen LogP contribution in [0.5, 0.6) is 0 Å². The molecule has 7 rings (SSSR count). The van der Waals surface area contributed by atoms with Gasteiger partial charge in [0.05, 0.1) is 0 Å². The molecule has 0 nitrogen and oxygen atoms in total. The summed E-state index contributed by atoms with van der Waals surface area (Å²) in [6, 6.07) is 77.1. The van der Waals surface area contributed by atoms with Crippen LogP contribution in [0.15, 0.2) is 212 Å². The molecule has 0 amide bonds. The number of hydrogen-bond acceptors (Lipinski definition) is 0. The molecule has 0 saturated carbocycles. The summed E-state index contributed by atoms with van der Waals surface area (Å²) in [4.78, 5) is 0. The van der Waals surface area contributed by atoms with Crippen LogP contribution >= 0.6 is 0 Å². The van der Waals surface area contributed by atoms with Gasteiger partial charge < -0.3 is 0 Å². The number of hydrogen-bond donors (Lipinski definition) is 0. The van der Waals surface area contributed by atoms with Crippen molar-refractivity contribution in [2.24, 2.45) is 0 Å². The molecule has 0 aromatic heterocycles. The Labute approximate surface area is 718 Å². The summed E-state index contributed by atoms with van der Waals surface area (Å²) in [5, 5.41) is 0. The summed E-state index contributed by atoms with van der Waals surface area (Å²) in [6.45, 7) is 29.8. The molecule has 0 saturated heterocycles. The predicted octanol–water partition coefficient (Wildman–Crippen LogP) is 39.8. The highest BCUT2D eigenvalue weighted by molar-refractivity contribution is 5.24. The Balaban J connectivity index is 0.000000671. The minimum absolute atomic E-state index is 0.729. The van der Waals surface area contributed by atoms with Crippen LogP contribution in [-0.2, 0) is 6.42 Å². The van der Waals surface area contributed by atoms with Crippen LogP contribution < -0.4 is 0 Å². The van der Waals surface area contributed by atoms with Gasteiger partial charge in [-0.2, -0.15) is 0 Å². The Bertz CT molecular complexity index is 2850. The molecule has 5 atom stereocenters. The Morgan fingerprint density at radius 3 is 0.626 bits per heavy atom. The average Bonchev–Trinajstić information content (AvgIpc) is 0.925. The second-order valence-electron chi connectivity index (χ2n) is 34.3. The topological polar surface area (TPSA) is 0 Å². The van der Waals surface area contributed by atoms with Crippen LogP contribution in [0.4, 0.5) is 0 Å². The van der Waals surface area contributed by atoms with E-state index in [1.54, 1.807) is 22.3 Å². The first-order chi connectivity index (χ1) is 56.7. The average molecular weight is 1570 g/mol. The number of benzene rings is 7. The molecule has 7 aromatic rings. The molecule has 0 aliphatic rings. The fourth-order valence-corrected chi connectivity index (χ4v) is 16.4. The van der Waals surface area contributed by atoms with Gasteiger partial charge in [0, 0.05) is 0 Å². The Hall–Kier alpha value is -5.46. The quantitative estimate of drug-likeness (QED) is 0.0333. The van der Waals surface area contributed by atoms with Gasteiger partial charge in [0.25, 0.3) is 0 Å². The maximum atomic E-state index is 2.35. The first-order valence-corrected chi connectivity index (χ1v) is 50.0. The largest absolute Gasteiger partial charge is 0.0654 e. The first kappa shape index (κ1) is 108. The van der Waals surface area contributed by atoms with Crippen LogP contribution in [0, 0.1) is 0 Å². The highest BCUT2D eigenvalue weighted by atomic mass is 14.2. The molecule has 0 aliphatic heterocycles. The van der Waals surface area contributed by atoms with Gasteiger partial charge in [0.15, 0.2) is 0 Å². The van der Waals surface area contributed by atoms with Gasteiger partial charge in [-0.1, -0.05) is 566 Å². The zero-order valence-corrected chi connectivity index (χ0v) is 78.4. The molecular formula is C115H188. The van der Waals surface area contributed by atoms with E-state index >= 15 is 0 Å². The lowest BCUT2D eigenvalue weighted by molar-refractivity contribution is 0.496. The van der Waals surface area contributed by atoms with Gasteiger partial charge >= 0.3 is 0 Å². The summed E-state index contributed by atoms with van der Waals surface area (Å²) in [5.41, 5.74) is 10.7. The Morgan fingerprint density at radius 1 is 0.157 bits per heavy atom. The van der Waals surface area contributed by atoms with Crippen molar-refractivity contribution in [1.29, 1.82) is 0 Å². The van der Waals surface area contributed by atoms with Crippen molar-refractivity contribution in [2.75, 3.05) is 0 Å².